The fraction of sp³-hybridized carbons (Fsp3) is 0.278. The lowest BCUT2D eigenvalue weighted by Crippen LogP contribution is -2.20. The van der Waals surface area contributed by atoms with Crippen LogP contribution in [-0.2, 0) is 6.54 Å². The normalized spacial score (nSPS) is 15.2. The van der Waals surface area contributed by atoms with Gasteiger partial charge in [-0.2, -0.15) is 0 Å². The molecule has 0 aromatic heterocycles. The summed E-state index contributed by atoms with van der Waals surface area (Å²) in [6, 6.07) is 12.1. The van der Waals surface area contributed by atoms with Gasteiger partial charge in [-0.1, -0.05) is 24.3 Å². The lowest BCUT2D eigenvalue weighted by molar-refractivity contribution is 0.103. The zero-order valence-electron chi connectivity index (χ0n) is 12.2. The van der Waals surface area contributed by atoms with Gasteiger partial charge in [-0.15, -0.1) is 0 Å². The summed E-state index contributed by atoms with van der Waals surface area (Å²) in [7, 11) is 0. The van der Waals surface area contributed by atoms with E-state index in [1.165, 1.54) is 18.9 Å². The second-order valence-electron chi connectivity index (χ2n) is 5.60. The molecule has 1 aliphatic rings. The second kappa shape index (κ2) is 6.71. The van der Waals surface area contributed by atoms with E-state index in [0.717, 1.165) is 25.2 Å². The van der Waals surface area contributed by atoms with Crippen LogP contribution in [0.5, 0.6) is 0 Å². The molecular weight excluding hydrogens is 345 g/mol. The van der Waals surface area contributed by atoms with Crippen LogP contribution in [0.15, 0.2) is 46.9 Å². The second-order valence-corrected chi connectivity index (χ2v) is 6.45. The molecule has 0 radical (unpaired) electrons. The first-order valence-corrected chi connectivity index (χ1v) is 8.24. The number of nitrogens with zero attached hydrogens (tertiary/aromatic N) is 1. The van der Waals surface area contributed by atoms with Crippen molar-refractivity contribution in [1.29, 1.82) is 0 Å². The molecule has 0 bridgehead atoms. The average Bonchev–Trinajstić information content (AvgIpc) is 3.03. The summed E-state index contributed by atoms with van der Waals surface area (Å²) >= 11 is 3.11. The number of hydrogen-bond donors (Lipinski definition) is 0. The van der Waals surface area contributed by atoms with Gasteiger partial charge in [-0.25, -0.2) is 4.39 Å². The molecule has 2 nitrogen and oxygen atoms in total. The van der Waals surface area contributed by atoms with Crippen LogP contribution in [0.1, 0.15) is 34.3 Å². The van der Waals surface area contributed by atoms with Crippen LogP contribution in [0.2, 0.25) is 0 Å². The topological polar surface area (TPSA) is 20.3 Å². The summed E-state index contributed by atoms with van der Waals surface area (Å²) in [6.45, 7) is 2.94. The van der Waals surface area contributed by atoms with Crippen molar-refractivity contribution in [1.82, 2.24) is 4.90 Å². The quantitative estimate of drug-likeness (QED) is 0.751. The first kappa shape index (κ1) is 15.4. The lowest BCUT2D eigenvalue weighted by Gasteiger charge is -2.17. The van der Waals surface area contributed by atoms with Crippen LogP contribution in [0.4, 0.5) is 4.39 Å². The first-order chi connectivity index (χ1) is 10.6. The maximum atomic E-state index is 13.7. The highest BCUT2D eigenvalue weighted by Gasteiger charge is 2.18. The van der Waals surface area contributed by atoms with Crippen molar-refractivity contribution in [3.8, 4) is 0 Å². The zero-order valence-corrected chi connectivity index (χ0v) is 13.8. The predicted octanol–water partition coefficient (Wildman–Crippen LogP) is 4.42. The fourth-order valence-electron chi connectivity index (χ4n) is 2.85. The Hall–Kier alpha value is -1.52. The van der Waals surface area contributed by atoms with E-state index in [4.69, 9.17) is 0 Å². The molecule has 1 aliphatic heterocycles. The third-order valence-corrected chi connectivity index (χ3v) is 4.68. The molecule has 0 aliphatic carbocycles. The lowest BCUT2D eigenvalue weighted by atomic mass is 9.98. The molecule has 0 saturated carbocycles. The molecule has 22 heavy (non-hydrogen) atoms. The number of hydrogen-bond acceptors (Lipinski definition) is 2. The Morgan fingerprint density at radius 3 is 2.59 bits per heavy atom. The van der Waals surface area contributed by atoms with Crippen LogP contribution >= 0.6 is 15.9 Å². The zero-order chi connectivity index (χ0) is 15.5. The Morgan fingerprint density at radius 2 is 1.86 bits per heavy atom. The minimum atomic E-state index is -0.414. The molecule has 1 fully saturated rings. The summed E-state index contributed by atoms with van der Waals surface area (Å²) < 4.78 is 14.0. The summed E-state index contributed by atoms with van der Waals surface area (Å²) in [5.74, 6) is -0.538. The Morgan fingerprint density at radius 1 is 1.14 bits per heavy atom. The summed E-state index contributed by atoms with van der Waals surface area (Å²) in [5.41, 5.74) is 2.06. The monoisotopic (exact) mass is 361 g/mol. The predicted molar refractivity (Wildman–Crippen MR) is 88.5 cm³/mol. The maximum Gasteiger partial charge on any atom is 0.193 e. The maximum absolute atomic E-state index is 13.7. The van der Waals surface area contributed by atoms with Crippen LogP contribution in [0, 0.1) is 5.82 Å². The van der Waals surface area contributed by atoms with E-state index in [9.17, 15) is 9.18 Å². The molecule has 2 aromatic carbocycles. The van der Waals surface area contributed by atoms with Crippen molar-refractivity contribution in [3.63, 3.8) is 0 Å². The number of carbonyl (C=O) groups excluding carboxylic acids is 1. The van der Waals surface area contributed by atoms with Gasteiger partial charge in [0, 0.05) is 17.7 Å². The molecule has 1 heterocycles. The van der Waals surface area contributed by atoms with Crippen LogP contribution in [0.3, 0.4) is 0 Å². The largest absolute Gasteiger partial charge is 0.299 e. The van der Waals surface area contributed by atoms with Gasteiger partial charge in [0.05, 0.1) is 4.47 Å². The van der Waals surface area contributed by atoms with Gasteiger partial charge in [-0.3, -0.25) is 9.69 Å². The van der Waals surface area contributed by atoms with E-state index < -0.39 is 5.82 Å². The molecule has 0 spiro atoms. The van der Waals surface area contributed by atoms with Gasteiger partial charge in [0.15, 0.2) is 5.78 Å². The number of benzene rings is 2. The average molecular weight is 362 g/mol. The highest BCUT2D eigenvalue weighted by atomic mass is 79.9. The van der Waals surface area contributed by atoms with Gasteiger partial charge >= 0.3 is 0 Å². The molecule has 1 saturated heterocycles. The van der Waals surface area contributed by atoms with Crippen molar-refractivity contribution in [3.05, 3.63) is 69.4 Å². The van der Waals surface area contributed by atoms with E-state index in [-0.39, 0.29) is 5.78 Å². The van der Waals surface area contributed by atoms with E-state index >= 15 is 0 Å². The Kier molecular flexibility index (Phi) is 4.69. The molecule has 0 N–H and O–H groups in total. The van der Waals surface area contributed by atoms with Crippen LogP contribution in [0.25, 0.3) is 0 Å². The number of likely N-dealkylation sites (tertiary alicyclic amines) is 1. The summed E-state index contributed by atoms with van der Waals surface area (Å²) in [6.07, 6.45) is 2.43. The molecule has 114 valence electrons. The Bertz CT molecular complexity index is 695. The molecule has 4 heteroatoms. The molecule has 0 atom stereocenters. The van der Waals surface area contributed by atoms with Crippen molar-refractivity contribution in [2.75, 3.05) is 13.1 Å². The van der Waals surface area contributed by atoms with Crippen LogP contribution < -0.4 is 0 Å². The minimum absolute atomic E-state index is 0.124. The molecule has 3 rings (SSSR count). The third kappa shape index (κ3) is 3.28. The van der Waals surface area contributed by atoms with Gasteiger partial charge in [0.25, 0.3) is 0 Å². The van der Waals surface area contributed by atoms with Gasteiger partial charge in [-0.05, 0) is 65.6 Å². The molecule has 0 unspecified atom stereocenters. The van der Waals surface area contributed by atoms with Gasteiger partial charge in [0.2, 0.25) is 0 Å². The Labute approximate surface area is 138 Å². The standard InChI is InChI=1S/C18H17BrFNO/c19-16-8-7-13(11-17(16)20)18(22)15-6-2-1-5-14(15)12-21-9-3-4-10-21/h1-2,5-8,11H,3-4,9-10,12H2. The summed E-state index contributed by atoms with van der Waals surface area (Å²) in [4.78, 5) is 15.1. The number of ketones is 1. The first-order valence-electron chi connectivity index (χ1n) is 7.45. The van der Waals surface area contributed by atoms with Crippen LogP contribution in [-0.4, -0.2) is 23.8 Å². The van der Waals surface area contributed by atoms with Crippen molar-refractivity contribution < 1.29 is 9.18 Å². The number of carbonyl (C=O) groups is 1. The SMILES string of the molecule is O=C(c1ccc(Br)c(F)c1)c1ccccc1CN1CCCC1. The van der Waals surface area contributed by atoms with Gasteiger partial charge in [0.1, 0.15) is 5.82 Å². The van der Waals surface area contributed by atoms with Gasteiger partial charge < -0.3 is 0 Å². The van der Waals surface area contributed by atoms with E-state index in [2.05, 4.69) is 20.8 Å². The minimum Gasteiger partial charge on any atom is -0.299 e. The van der Waals surface area contributed by atoms with E-state index in [1.807, 2.05) is 24.3 Å². The number of halogens is 2. The van der Waals surface area contributed by atoms with Crippen molar-refractivity contribution in [2.24, 2.45) is 0 Å². The van der Waals surface area contributed by atoms with Crippen molar-refractivity contribution in [2.45, 2.75) is 19.4 Å². The summed E-state index contributed by atoms with van der Waals surface area (Å²) in [5, 5.41) is 0. The Balaban J connectivity index is 1.89. The highest BCUT2D eigenvalue weighted by Crippen LogP contribution is 2.22. The fourth-order valence-corrected chi connectivity index (χ4v) is 3.10. The molecule has 2 aromatic rings. The highest BCUT2D eigenvalue weighted by molar-refractivity contribution is 9.10. The van der Waals surface area contributed by atoms with E-state index in [0.29, 0.717) is 15.6 Å². The van der Waals surface area contributed by atoms with Crippen molar-refractivity contribution >= 4 is 21.7 Å². The molecule has 0 amide bonds. The van der Waals surface area contributed by atoms with E-state index in [1.54, 1.807) is 12.1 Å². The third-order valence-electron chi connectivity index (χ3n) is 4.04. The smallest absolute Gasteiger partial charge is 0.193 e. The molecular formula is C18H17BrFNO. The number of rotatable bonds is 4.